The van der Waals surface area contributed by atoms with Crippen LogP contribution in [0.5, 0.6) is 0 Å². The molecule has 0 aliphatic heterocycles. The zero-order chi connectivity index (χ0) is 17.7. The molecule has 23 heavy (non-hydrogen) atoms. The molecule has 1 unspecified atom stereocenters. The fraction of sp³-hybridized carbons (Fsp3) is 0.471. The fourth-order valence-electron chi connectivity index (χ4n) is 1.83. The highest BCUT2D eigenvalue weighted by atomic mass is 19.1. The van der Waals surface area contributed by atoms with Crippen molar-refractivity contribution < 1.29 is 28.2 Å². The highest BCUT2D eigenvalue weighted by Gasteiger charge is 2.51. The molecular formula is C17H21FO5. The number of ether oxygens (including phenoxy) is 2. The molecule has 0 bridgehead atoms. The summed E-state index contributed by atoms with van der Waals surface area (Å²) in [6.07, 6.45) is -1.02. The molecule has 1 rings (SSSR count). The number of Topliss-reactive ketones (excluding diaryl/α,β-unsaturated/α-hetero) is 1. The van der Waals surface area contributed by atoms with Crippen LogP contribution in [0.3, 0.4) is 0 Å². The molecule has 0 saturated carbocycles. The number of esters is 2. The largest absolute Gasteiger partial charge is 0.466 e. The third kappa shape index (κ3) is 5.16. The van der Waals surface area contributed by atoms with Crippen LogP contribution in [0, 0.1) is 0 Å². The van der Waals surface area contributed by atoms with Gasteiger partial charge in [0.2, 0.25) is 5.78 Å². The molecule has 1 atom stereocenters. The number of carbonyl (C=O) groups excluding carboxylic acids is 3. The maximum atomic E-state index is 15.2. The van der Waals surface area contributed by atoms with Gasteiger partial charge >= 0.3 is 11.9 Å². The Morgan fingerprint density at radius 1 is 1.09 bits per heavy atom. The summed E-state index contributed by atoms with van der Waals surface area (Å²) in [5.41, 5.74) is -4.15. The Hall–Kier alpha value is -2.24. The average Bonchev–Trinajstić information content (AvgIpc) is 2.45. The highest BCUT2D eigenvalue weighted by Crippen LogP contribution is 2.27. The molecule has 1 aromatic carbocycles. The maximum absolute atomic E-state index is 15.2. The highest BCUT2D eigenvalue weighted by molar-refractivity contribution is 6.17. The van der Waals surface area contributed by atoms with Crippen LogP contribution < -0.4 is 0 Å². The van der Waals surface area contributed by atoms with Crippen molar-refractivity contribution in [2.24, 2.45) is 0 Å². The van der Waals surface area contributed by atoms with E-state index in [1.807, 2.05) is 0 Å². The predicted octanol–water partition coefficient (Wildman–Crippen LogP) is 2.87. The van der Waals surface area contributed by atoms with Crippen molar-refractivity contribution in [3.63, 3.8) is 0 Å². The van der Waals surface area contributed by atoms with Crippen molar-refractivity contribution in [1.29, 1.82) is 0 Å². The van der Waals surface area contributed by atoms with Crippen molar-refractivity contribution in [3.8, 4) is 0 Å². The molecule has 0 N–H and O–H groups in total. The Balaban J connectivity index is 3.17. The number of carbonyl (C=O) groups is 3. The number of hydrogen-bond donors (Lipinski definition) is 0. The number of hydrogen-bond acceptors (Lipinski definition) is 5. The zero-order valence-corrected chi connectivity index (χ0v) is 13.7. The lowest BCUT2D eigenvalue weighted by molar-refractivity contribution is -0.170. The number of rotatable bonds is 6. The normalized spacial score (nSPS) is 13.8. The molecule has 0 aliphatic carbocycles. The predicted molar refractivity (Wildman–Crippen MR) is 81.7 cm³/mol. The van der Waals surface area contributed by atoms with Gasteiger partial charge in [0.15, 0.2) is 0 Å². The van der Waals surface area contributed by atoms with E-state index in [4.69, 9.17) is 4.74 Å². The smallest absolute Gasteiger partial charge is 0.353 e. The van der Waals surface area contributed by atoms with Crippen molar-refractivity contribution in [2.45, 2.75) is 45.4 Å². The summed E-state index contributed by atoms with van der Waals surface area (Å²) in [4.78, 5) is 36.3. The zero-order valence-electron chi connectivity index (χ0n) is 13.7. The minimum absolute atomic E-state index is 0.0166. The average molecular weight is 324 g/mol. The number of halogens is 1. The van der Waals surface area contributed by atoms with E-state index >= 15 is 4.39 Å². The van der Waals surface area contributed by atoms with Gasteiger partial charge in [-0.25, -0.2) is 9.18 Å². The lowest BCUT2D eigenvalue weighted by Crippen LogP contribution is -2.48. The van der Waals surface area contributed by atoms with Gasteiger partial charge in [-0.1, -0.05) is 30.3 Å². The van der Waals surface area contributed by atoms with E-state index in [2.05, 4.69) is 4.74 Å². The van der Waals surface area contributed by atoms with E-state index in [0.29, 0.717) is 0 Å². The van der Waals surface area contributed by atoms with Crippen LogP contribution in [-0.4, -0.2) is 35.6 Å². The standard InChI is InChI=1S/C17H21FO5/c1-5-22-13(19)11-17(18,15(21)23-16(2,3)4)14(20)12-9-7-6-8-10-12/h6-10H,5,11H2,1-4H3. The monoisotopic (exact) mass is 324 g/mol. The van der Waals surface area contributed by atoms with Gasteiger partial charge < -0.3 is 9.47 Å². The van der Waals surface area contributed by atoms with Gasteiger partial charge in [0.1, 0.15) is 5.60 Å². The second-order valence-corrected chi connectivity index (χ2v) is 5.98. The summed E-state index contributed by atoms with van der Waals surface area (Å²) in [7, 11) is 0. The summed E-state index contributed by atoms with van der Waals surface area (Å²) in [5, 5.41) is 0. The van der Waals surface area contributed by atoms with Crippen molar-refractivity contribution in [1.82, 2.24) is 0 Å². The van der Waals surface area contributed by atoms with Gasteiger partial charge in [0.05, 0.1) is 13.0 Å². The van der Waals surface area contributed by atoms with E-state index in [1.165, 1.54) is 24.3 Å². The van der Waals surface area contributed by atoms with E-state index in [1.54, 1.807) is 33.8 Å². The Labute approximate surface area is 134 Å². The number of ketones is 1. The van der Waals surface area contributed by atoms with Crippen LogP contribution in [0.25, 0.3) is 0 Å². The number of benzene rings is 1. The quantitative estimate of drug-likeness (QED) is 0.457. The van der Waals surface area contributed by atoms with Gasteiger partial charge in [-0.3, -0.25) is 9.59 Å². The van der Waals surface area contributed by atoms with Crippen molar-refractivity contribution in [3.05, 3.63) is 35.9 Å². The van der Waals surface area contributed by atoms with Crippen LogP contribution in [0.1, 0.15) is 44.5 Å². The second-order valence-electron chi connectivity index (χ2n) is 5.98. The van der Waals surface area contributed by atoms with Crippen LogP contribution >= 0.6 is 0 Å². The van der Waals surface area contributed by atoms with Gasteiger partial charge in [-0.2, -0.15) is 0 Å². The molecule has 0 heterocycles. The van der Waals surface area contributed by atoms with Crippen LogP contribution in [-0.2, 0) is 19.1 Å². The molecule has 0 spiro atoms. The third-order valence-electron chi connectivity index (χ3n) is 2.81. The van der Waals surface area contributed by atoms with E-state index in [-0.39, 0.29) is 12.2 Å². The van der Waals surface area contributed by atoms with Gasteiger partial charge in [-0.05, 0) is 27.7 Å². The Kier molecular flexibility index (Phi) is 6.01. The van der Waals surface area contributed by atoms with Gasteiger partial charge in [-0.15, -0.1) is 0 Å². The van der Waals surface area contributed by atoms with Gasteiger partial charge in [0.25, 0.3) is 5.67 Å². The van der Waals surface area contributed by atoms with Gasteiger partial charge in [0, 0.05) is 5.56 Å². The minimum atomic E-state index is -3.12. The van der Waals surface area contributed by atoms with Crippen LogP contribution in [0.4, 0.5) is 4.39 Å². The Morgan fingerprint density at radius 3 is 2.13 bits per heavy atom. The first kappa shape index (κ1) is 18.8. The topological polar surface area (TPSA) is 69.7 Å². The lowest BCUT2D eigenvalue weighted by atomic mass is 9.91. The molecule has 0 fully saturated rings. The van der Waals surface area contributed by atoms with E-state index in [0.717, 1.165) is 0 Å². The van der Waals surface area contributed by atoms with Crippen molar-refractivity contribution >= 4 is 17.7 Å². The lowest BCUT2D eigenvalue weighted by Gasteiger charge is -2.27. The first-order valence-corrected chi connectivity index (χ1v) is 7.28. The molecule has 0 saturated heterocycles. The second kappa shape index (κ2) is 7.35. The number of alkyl halides is 1. The third-order valence-corrected chi connectivity index (χ3v) is 2.81. The fourth-order valence-corrected chi connectivity index (χ4v) is 1.83. The van der Waals surface area contributed by atoms with Crippen molar-refractivity contribution in [2.75, 3.05) is 6.61 Å². The molecule has 126 valence electrons. The van der Waals surface area contributed by atoms with E-state index in [9.17, 15) is 14.4 Å². The summed E-state index contributed by atoms with van der Waals surface area (Å²) in [6.45, 7) is 6.20. The Bertz CT molecular complexity index is 576. The Morgan fingerprint density at radius 2 is 1.65 bits per heavy atom. The van der Waals surface area contributed by atoms with Crippen LogP contribution in [0.15, 0.2) is 30.3 Å². The first-order valence-electron chi connectivity index (χ1n) is 7.28. The van der Waals surface area contributed by atoms with Crippen LogP contribution in [0.2, 0.25) is 0 Å². The molecule has 1 aromatic rings. The molecule has 0 aliphatic rings. The van der Waals surface area contributed by atoms with E-state index < -0.39 is 35.4 Å². The molecular weight excluding hydrogens is 303 g/mol. The molecule has 0 amide bonds. The summed E-state index contributed by atoms with van der Waals surface area (Å²) < 4.78 is 24.9. The summed E-state index contributed by atoms with van der Waals surface area (Å²) in [6, 6.07) is 7.45. The molecule has 6 heteroatoms. The molecule has 5 nitrogen and oxygen atoms in total. The molecule has 0 aromatic heterocycles. The molecule has 0 radical (unpaired) electrons. The maximum Gasteiger partial charge on any atom is 0.353 e. The first-order chi connectivity index (χ1) is 10.6. The minimum Gasteiger partial charge on any atom is -0.466 e. The summed E-state index contributed by atoms with van der Waals surface area (Å²) >= 11 is 0. The SMILES string of the molecule is CCOC(=O)CC(F)(C(=O)OC(C)(C)C)C(=O)c1ccccc1. The summed E-state index contributed by atoms with van der Waals surface area (Å²) in [5.74, 6) is -3.50.